The van der Waals surface area contributed by atoms with Crippen molar-refractivity contribution in [2.75, 3.05) is 26.7 Å². The number of likely N-dealkylation sites (tertiary alicyclic amines) is 1. The van der Waals surface area contributed by atoms with Gasteiger partial charge in [-0.15, -0.1) is 0 Å². The largest absolute Gasteiger partial charge is 0.497 e. The zero-order valence-electron chi connectivity index (χ0n) is 16.4. The molecule has 1 heterocycles. The SMILES string of the molecule is COc1cccc(C(CNC(=O)CCc2ccc(C#N)cc2)N2CCCC2)c1. The van der Waals surface area contributed by atoms with Crippen molar-refractivity contribution in [1.82, 2.24) is 10.2 Å². The lowest BCUT2D eigenvalue weighted by Crippen LogP contribution is -2.36. The van der Waals surface area contributed by atoms with Crippen molar-refractivity contribution in [3.8, 4) is 11.8 Å². The minimum absolute atomic E-state index is 0.0523. The van der Waals surface area contributed by atoms with Crippen molar-refractivity contribution in [2.45, 2.75) is 31.7 Å². The number of amides is 1. The second-order valence-corrected chi connectivity index (χ2v) is 7.15. The number of nitrogens with one attached hydrogen (secondary N) is 1. The molecule has 1 atom stereocenters. The molecule has 2 aromatic carbocycles. The zero-order chi connectivity index (χ0) is 19.8. The molecule has 0 aromatic heterocycles. The lowest BCUT2D eigenvalue weighted by atomic mass is 10.0. The number of benzene rings is 2. The summed E-state index contributed by atoms with van der Waals surface area (Å²) in [6, 6.07) is 17.8. The summed E-state index contributed by atoms with van der Waals surface area (Å²) in [5.41, 5.74) is 2.88. The van der Waals surface area contributed by atoms with E-state index in [4.69, 9.17) is 10.00 Å². The number of methoxy groups -OCH3 is 1. The Morgan fingerprint density at radius 2 is 1.96 bits per heavy atom. The summed E-state index contributed by atoms with van der Waals surface area (Å²) in [6.07, 6.45) is 3.52. The van der Waals surface area contributed by atoms with Crippen LogP contribution in [0.1, 0.15) is 42.0 Å². The van der Waals surface area contributed by atoms with Crippen molar-refractivity contribution in [2.24, 2.45) is 0 Å². The molecule has 1 aliphatic rings. The van der Waals surface area contributed by atoms with Crippen LogP contribution in [0.4, 0.5) is 0 Å². The Labute approximate surface area is 166 Å². The second-order valence-electron chi connectivity index (χ2n) is 7.15. The molecule has 1 fully saturated rings. The average molecular weight is 377 g/mol. The van der Waals surface area contributed by atoms with Gasteiger partial charge in [-0.05, 0) is 67.7 Å². The summed E-state index contributed by atoms with van der Waals surface area (Å²) < 4.78 is 5.37. The highest BCUT2D eigenvalue weighted by Gasteiger charge is 2.24. The van der Waals surface area contributed by atoms with Gasteiger partial charge in [0, 0.05) is 13.0 Å². The number of carbonyl (C=O) groups is 1. The Bertz CT molecular complexity index is 820. The van der Waals surface area contributed by atoms with Gasteiger partial charge in [0.25, 0.3) is 0 Å². The van der Waals surface area contributed by atoms with Crippen molar-refractivity contribution >= 4 is 5.91 Å². The minimum atomic E-state index is 0.0523. The molecule has 1 N–H and O–H groups in total. The molecule has 1 aliphatic heterocycles. The molecular weight excluding hydrogens is 350 g/mol. The Hall–Kier alpha value is -2.84. The molecule has 0 spiro atoms. The number of carbonyl (C=O) groups excluding carboxylic acids is 1. The van der Waals surface area contributed by atoms with Gasteiger partial charge in [0.1, 0.15) is 5.75 Å². The highest BCUT2D eigenvalue weighted by atomic mass is 16.5. The van der Waals surface area contributed by atoms with Crippen molar-refractivity contribution in [1.29, 1.82) is 5.26 Å². The molecule has 0 radical (unpaired) electrons. The quantitative estimate of drug-likeness (QED) is 0.765. The van der Waals surface area contributed by atoms with E-state index < -0.39 is 0 Å². The van der Waals surface area contributed by atoms with Crippen molar-refractivity contribution in [3.05, 3.63) is 65.2 Å². The standard InChI is InChI=1S/C23H27N3O2/c1-28-21-6-4-5-20(15-21)22(26-13-2-3-14-26)17-25-23(27)12-11-18-7-9-19(16-24)10-8-18/h4-10,15,22H,2-3,11-14,17H2,1H3,(H,25,27). The van der Waals surface area contributed by atoms with E-state index in [2.05, 4.69) is 28.4 Å². The van der Waals surface area contributed by atoms with Crippen LogP contribution < -0.4 is 10.1 Å². The second kappa shape index (κ2) is 9.91. The Kier molecular flexibility index (Phi) is 7.05. The molecular formula is C23H27N3O2. The van der Waals surface area contributed by atoms with E-state index in [-0.39, 0.29) is 11.9 Å². The monoisotopic (exact) mass is 377 g/mol. The summed E-state index contributed by atoms with van der Waals surface area (Å²) >= 11 is 0. The van der Waals surface area contributed by atoms with E-state index in [0.29, 0.717) is 24.9 Å². The van der Waals surface area contributed by atoms with Crippen LogP contribution in [0.3, 0.4) is 0 Å². The molecule has 2 aromatic rings. The van der Waals surface area contributed by atoms with Gasteiger partial charge < -0.3 is 10.1 Å². The topological polar surface area (TPSA) is 65.4 Å². The molecule has 28 heavy (non-hydrogen) atoms. The van der Waals surface area contributed by atoms with Gasteiger partial charge >= 0.3 is 0 Å². The fourth-order valence-electron chi connectivity index (χ4n) is 3.66. The van der Waals surface area contributed by atoms with E-state index in [1.807, 2.05) is 24.3 Å². The normalized spacial score (nSPS) is 15.0. The summed E-state index contributed by atoms with van der Waals surface area (Å²) in [7, 11) is 1.68. The van der Waals surface area contributed by atoms with Crippen LogP contribution >= 0.6 is 0 Å². The number of hydrogen-bond acceptors (Lipinski definition) is 4. The molecule has 1 unspecified atom stereocenters. The highest BCUT2D eigenvalue weighted by Crippen LogP contribution is 2.27. The van der Waals surface area contributed by atoms with Gasteiger partial charge in [0.2, 0.25) is 5.91 Å². The van der Waals surface area contributed by atoms with Gasteiger partial charge in [-0.3, -0.25) is 9.69 Å². The maximum Gasteiger partial charge on any atom is 0.220 e. The Balaban J connectivity index is 1.57. The fourth-order valence-corrected chi connectivity index (χ4v) is 3.66. The summed E-state index contributed by atoms with van der Waals surface area (Å²) in [5.74, 6) is 0.894. The Morgan fingerprint density at radius 3 is 2.64 bits per heavy atom. The first-order valence-corrected chi connectivity index (χ1v) is 9.83. The predicted molar refractivity (Wildman–Crippen MR) is 109 cm³/mol. The maximum atomic E-state index is 12.4. The van der Waals surface area contributed by atoms with E-state index >= 15 is 0 Å². The van der Waals surface area contributed by atoms with Crippen molar-refractivity contribution < 1.29 is 9.53 Å². The molecule has 1 amide bonds. The third-order valence-electron chi connectivity index (χ3n) is 5.28. The number of aryl methyl sites for hydroxylation is 1. The van der Waals surface area contributed by atoms with Crippen LogP contribution in [0, 0.1) is 11.3 Å². The van der Waals surface area contributed by atoms with Crippen molar-refractivity contribution in [3.63, 3.8) is 0 Å². The fraction of sp³-hybridized carbons (Fsp3) is 0.391. The molecule has 146 valence electrons. The van der Waals surface area contributed by atoms with Crippen LogP contribution in [-0.4, -0.2) is 37.6 Å². The average Bonchev–Trinajstić information content (AvgIpc) is 3.27. The molecule has 5 heteroatoms. The van der Waals surface area contributed by atoms with E-state index in [0.717, 1.165) is 24.4 Å². The zero-order valence-corrected chi connectivity index (χ0v) is 16.4. The summed E-state index contributed by atoms with van der Waals surface area (Å²) in [6.45, 7) is 2.71. The molecule has 0 aliphatic carbocycles. The molecule has 0 saturated carbocycles. The van der Waals surface area contributed by atoms with Crippen LogP contribution in [0.5, 0.6) is 5.75 Å². The van der Waals surface area contributed by atoms with E-state index in [1.54, 1.807) is 19.2 Å². The molecule has 1 saturated heterocycles. The lowest BCUT2D eigenvalue weighted by Gasteiger charge is -2.28. The molecule has 0 bridgehead atoms. The summed E-state index contributed by atoms with van der Waals surface area (Å²) in [4.78, 5) is 14.8. The predicted octanol–water partition coefficient (Wildman–Crippen LogP) is 3.45. The van der Waals surface area contributed by atoms with Crippen LogP contribution in [0.15, 0.2) is 48.5 Å². The number of nitriles is 1. The van der Waals surface area contributed by atoms with Crippen LogP contribution in [-0.2, 0) is 11.2 Å². The van der Waals surface area contributed by atoms with Gasteiger partial charge in [0.15, 0.2) is 0 Å². The van der Waals surface area contributed by atoms with Crippen LogP contribution in [0.2, 0.25) is 0 Å². The smallest absolute Gasteiger partial charge is 0.220 e. The van der Waals surface area contributed by atoms with E-state index in [9.17, 15) is 4.79 Å². The number of nitrogens with zero attached hydrogens (tertiary/aromatic N) is 2. The van der Waals surface area contributed by atoms with Gasteiger partial charge in [-0.25, -0.2) is 0 Å². The maximum absolute atomic E-state index is 12.4. The third-order valence-corrected chi connectivity index (χ3v) is 5.28. The summed E-state index contributed by atoms with van der Waals surface area (Å²) in [5, 5.41) is 12.0. The first-order chi connectivity index (χ1) is 13.7. The number of rotatable bonds is 8. The van der Waals surface area contributed by atoms with Gasteiger partial charge in [-0.2, -0.15) is 5.26 Å². The Morgan fingerprint density at radius 1 is 1.21 bits per heavy atom. The molecule has 5 nitrogen and oxygen atoms in total. The van der Waals surface area contributed by atoms with Crippen LogP contribution in [0.25, 0.3) is 0 Å². The lowest BCUT2D eigenvalue weighted by molar-refractivity contribution is -0.121. The van der Waals surface area contributed by atoms with E-state index in [1.165, 1.54) is 18.4 Å². The minimum Gasteiger partial charge on any atom is -0.497 e. The van der Waals surface area contributed by atoms with Gasteiger partial charge in [-0.1, -0.05) is 24.3 Å². The first kappa shape index (κ1) is 19.9. The third kappa shape index (κ3) is 5.34. The number of ether oxygens (including phenoxy) is 1. The number of hydrogen-bond donors (Lipinski definition) is 1. The highest BCUT2D eigenvalue weighted by molar-refractivity contribution is 5.76. The molecule has 3 rings (SSSR count). The van der Waals surface area contributed by atoms with Gasteiger partial charge in [0.05, 0.1) is 24.8 Å². The first-order valence-electron chi connectivity index (χ1n) is 9.83.